The molecular weight excluding hydrogens is 281 g/mol. The minimum Gasteiger partial charge on any atom is -0.423 e. The van der Waals surface area contributed by atoms with Gasteiger partial charge >= 0.3 is 5.97 Å². The molecule has 2 aromatic rings. The van der Waals surface area contributed by atoms with Gasteiger partial charge in [0.15, 0.2) is 17.5 Å². The number of rotatable bonds is 2. The zero-order chi connectivity index (χ0) is 14.0. The Morgan fingerprint density at radius 3 is 2.47 bits per heavy atom. The number of hydrogen-bond donors (Lipinski definition) is 0. The fourth-order valence-corrected chi connectivity index (χ4v) is 1.56. The van der Waals surface area contributed by atoms with Crippen LogP contribution in [0.3, 0.4) is 0 Å². The molecule has 2 nitrogen and oxygen atoms in total. The Bertz CT molecular complexity index is 644. The van der Waals surface area contributed by atoms with Gasteiger partial charge in [0.1, 0.15) is 5.75 Å². The van der Waals surface area contributed by atoms with Crippen molar-refractivity contribution < 1.29 is 22.7 Å². The molecule has 0 aliphatic carbocycles. The first-order chi connectivity index (χ1) is 8.99. The van der Waals surface area contributed by atoms with Gasteiger partial charge in [-0.15, -0.1) is 0 Å². The lowest BCUT2D eigenvalue weighted by Crippen LogP contribution is -2.12. The van der Waals surface area contributed by atoms with Crippen molar-refractivity contribution in [2.75, 3.05) is 0 Å². The van der Waals surface area contributed by atoms with E-state index in [4.69, 9.17) is 16.3 Å². The SMILES string of the molecule is O=C(Oc1cccc(Cl)c1)c1ccc(F)c(F)c1F. The van der Waals surface area contributed by atoms with Gasteiger partial charge in [0, 0.05) is 5.02 Å². The number of benzene rings is 2. The zero-order valence-electron chi connectivity index (χ0n) is 9.29. The minimum absolute atomic E-state index is 0.0710. The first kappa shape index (κ1) is 13.4. The third-order valence-electron chi connectivity index (χ3n) is 2.26. The summed E-state index contributed by atoms with van der Waals surface area (Å²) in [7, 11) is 0. The van der Waals surface area contributed by atoms with Crippen LogP contribution in [-0.4, -0.2) is 5.97 Å². The van der Waals surface area contributed by atoms with Crippen molar-refractivity contribution in [2.45, 2.75) is 0 Å². The summed E-state index contributed by atoms with van der Waals surface area (Å²) in [4.78, 5) is 11.6. The molecule has 2 rings (SSSR count). The van der Waals surface area contributed by atoms with Gasteiger partial charge in [-0.05, 0) is 30.3 Å². The molecule has 0 radical (unpaired) electrons. The van der Waals surface area contributed by atoms with Crippen LogP contribution in [0.4, 0.5) is 13.2 Å². The molecule has 19 heavy (non-hydrogen) atoms. The molecule has 0 saturated heterocycles. The highest BCUT2D eigenvalue weighted by Gasteiger charge is 2.20. The average Bonchev–Trinajstić information content (AvgIpc) is 2.36. The van der Waals surface area contributed by atoms with Crippen molar-refractivity contribution in [1.82, 2.24) is 0 Å². The Labute approximate surface area is 111 Å². The van der Waals surface area contributed by atoms with Crippen molar-refractivity contribution >= 4 is 17.6 Å². The summed E-state index contributed by atoms with van der Waals surface area (Å²) in [6.45, 7) is 0. The van der Waals surface area contributed by atoms with Crippen LogP contribution >= 0.6 is 11.6 Å². The van der Waals surface area contributed by atoms with Gasteiger partial charge in [0.05, 0.1) is 5.56 Å². The molecular formula is C13H6ClF3O2. The number of esters is 1. The van der Waals surface area contributed by atoms with Gasteiger partial charge in [0.2, 0.25) is 0 Å². The van der Waals surface area contributed by atoms with E-state index in [1.54, 1.807) is 6.07 Å². The maximum Gasteiger partial charge on any atom is 0.346 e. The van der Waals surface area contributed by atoms with Crippen LogP contribution in [0.25, 0.3) is 0 Å². The van der Waals surface area contributed by atoms with Crippen LogP contribution in [0.2, 0.25) is 5.02 Å². The molecule has 2 aromatic carbocycles. The molecule has 0 heterocycles. The van der Waals surface area contributed by atoms with E-state index in [1.165, 1.54) is 18.2 Å². The maximum atomic E-state index is 13.4. The van der Waals surface area contributed by atoms with Crippen LogP contribution in [0.1, 0.15) is 10.4 Å². The van der Waals surface area contributed by atoms with Gasteiger partial charge in [-0.1, -0.05) is 17.7 Å². The lowest BCUT2D eigenvalue weighted by atomic mass is 10.2. The minimum atomic E-state index is -1.72. The van der Waals surface area contributed by atoms with Crippen molar-refractivity contribution in [1.29, 1.82) is 0 Å². The molecule has 0 aliphatic heterocycles. The third kappa shape index (κ3) is 2.88. The Balaban J connectivity index is 2.28. The summed E-state index contributed by atoms with van der Waals surface area (Å²) in [5.74, 6) is -5.76. The zero-order valence-corrected chi connectivity index (χ0v) is 10.0. The molecule has 0 aromatic heterocycles. The molecule has 0 aliphatic rings. The molecule has 0 N–H and O–H groups in total. The van der Waals surface area contributed by atoms with Crippen LogP contribution in [0, 0.1) is 17.5 Å². The molecule has 0 bridgehead atoms. The van der Waals surface area contributed by atoms with E-state index in [9.17, 15) is 18.0 Å². The highest BCUT2D eigenvalue weighted by Crippen LogP contribution is 2.20. The van der Waals surface area contributed by atoms with E-state index >= 15 is 0 Å². The topological polar surface area (TPSA) is 26.3 Å². The Hall–Kier alpha value is -2.01. The quantitative estimate of drug-likeness (QED) is 0.474. The van der Waals surface area contributed by atoms with E-state index in [0.717, 1.165) is 6.07 Å². The second kappa shape index (κ2) is 5.32. The van der Waals surface area contributed by atoms with Crippen molar-refractivity contribution in [3.8, 4) is 5.75 Å². The van der Waals surface area contributed by atoms with Crippen LogP contribution in [0.15, 0.2) is 36.4 Å². The highest BCUT2D eigenvalue weighted by atomic mass is 35.5. The van der Waals surface area contributed by atoms with E-state index in [-0.39, 0.29) is 5.75 Å². The average molecular weight is 287 g/mol. The highest BCUT2D eigenvalue weighted by molar-refractivity contribution is 6.30. The summed E-state index contributed by atoms with van der Waals surface area (Å²) < 4.78 is 43.9. The predicted octanol–water partition coefficient (Wildman–Crippen LogP) is 3.98. The Morgan fingerprint density at radius 1 is 1.05 bits per heavy atom. The third-order valence-corrected chi connectivity index (χ3v) is 2.50. The molecule has 0 atom stereocenters. The first-order valence-corrected chi connectivity index (χ1v) is 5.48. The molecule has 0 unspecified atom stereocenters. The molecule has 0 fully saturated rings. The normalized spacial score (nSPS) is 10.3. The van der Waals surface area contributed by atoms with E-state index in [1.807, 2.05) is 0 Å². The lowest BCUT2D eigenvalue weighted by Gasteiger charge is -2.06. The lowest BCUT2D eigenvalue weighted by molar-refractivity contribution is 0.0728. The number of hydrogen-bond acceptors (Lipinski definition) is 2. The fraction of sp³-hybridized carbons (Fsp3) is 0. The van der Waals surface area contributed by atoms with Gasteiger partial charge in [-0.25, -0.2) is 18.0 Å². The first-order valence-electron chi connectivity index (χ1n) is 5.10. The van der Waals surface area contributed by atoms with Crippen LogP contribution in [-0.2, 0) is 0 Å². The largest absolute Gasteiger partial charge is 0.423 e. The van der Waals surface area contributed by atoms with Gasteiger partial charge in [-0.3, -0.25) is 0 Å². The van der Waals surface area contributed by atoms with Gasteiger partial charge in [0.25, 0.3) is 0 Å². The van der Waals surface area contributed by atoms with Crippen molar-refractivity contribution in [3.63, 3.8) is 0 Å². The number of carbonyl (C=O) groups excluding carboxylic acids is 1. The van der Waals surface area contributed by atoms with Crippen molar-refractivity contribution in [2.24, 2.45) is 0 Å². The van der Waals surface area contributed by atoms with Gasteiger partial charge < -0.3 is 4.74 Å². The van der Waals surface area contributed by atoms with E-state index in [2.05, 4.69) is 0 Å². The monoisotopic (exact) mass is 286 g/mol. The van der Waals surface area contributed by atoms with Crippen molar-refractivity contribution in [3.05, 3.63) is 64.4 Å². The fourth-order valence-electron chi connectivity index (χ4n) is 1.38. The number of carbonyl (C=O) groups is 1. The molecule has 98 valence electrons. The summed E-state index contributed by atoms with van der Waals surface area (Å²) >= 11 is 5.68. The molecule has 6 heteroatoms. The second-order valence-electron chi connectivity index (χ2n) is 3.57. The number of ether oxygens (including phenoxy) is 1. The van der Waals surface area contributed by atoms with Crippen LogP contribution in [0.5, 0.6) is 5.75 Å². The summed E-state index contributed by atoms with van der Waals surface area (Å²) in [6, 6.07) is 7.27. The summed E-state index contributed by atoms with van der Waals surface area (Å²) in [6.07, 6.45) is 0. The summed E-state index contributed by atoms with van der Waals surface area (Å²) in [5, 5.41) is 0.316. The smallest absolute Gasteiger partial charge is 0.346 e. The van der Waals surface area contributed by atoms with Crippen LogP contribution < -0.4 is 4.74 Å². The molecule has 0 amide bonds. The summed E-state index contributed by atoms with van der Waals surface area (Å²) in [5.41, 5.74) is -0.695. The predicted molar refractivity (Wildman–Crippen MR) is 62.7 cm³/mol. The number of halogens is 4. The maximum absolute atomic E-state index is 13.4. The Kier molecular flexibility index (Phi) is 3.76. The van der Waals surface area contributed by atoms with E-state index < -0.39 is 29.0 Å². The van der Waals surface area contributed by atoms with Gasteiger partial charge in [-0.2, -0.15) is 0 Å². The van der Waals surface area contributed by atoms with E-state index in [0.29, 0.717) is 11.1 Å². The standard InChI is InChI=1S/C13H6ClF3O2/c14-7-2-1-3-8(6-7)19-13(18)9-4-5-10(15)12(17)11(9)16/h1-6H. The molecule has 0 spiro atoms. The molecule has 0 saturated carbocycles. The Morgan fingerprint density at radius 2 is 1.79 bits per heavy atom. The second-order valence-corrected chi connectivity index (χ2v) is 4.01.